The minimum Gasteiger partial charge on any atom is -0.493 e. The molecule has 7 heteroatoms. The first kappa shape index (κ1) is 17.3. The van der Waals surface area contributed by atoms with Gasteiger partial charge in [0, 0.05) is 28.3 Å². The van der Waals surface area contributed by atoms with E-state index < -0.39 is 5.78 Å². The van der Waals surface area contributed by atoms with Gasteiger partial charge in [0.15, 0.2) is 0 Å². The number of furan rings is 1. The smallest absolute Gasteiger partial charge is 0.220 e. The summed E-state index contributed by atoms with van der Waals surface area (Å²) in [5, 5.41) is 14.7. The van der Waals surface area contributed by atoms with Crippen LogP contribution in [0.3, 0.4) is 0 Å². The van der Waals surface area contributed by atoms with Gasteiger partial charge in [-0.3, -0.25) is 4.79 Å². The van der Waals surface area contributed by atoms with E-state index in [-0.39, 0.29) is 22.0 Å². The third-order valence-corrected chi connectivity index (χ3v) is 4.45. The van der Waals surface area contributed by atoms with Gasteiger partial charge in [-0.25, -0.2) is 4.68 Å². The first-order valence-electron chi connectivity index (χ1n) is 7.50. The fourth-order valence-corrected chi connectivity index (χ4v) is 2.94. The summed E-state index contributed by atoms with van der Waals surface area (Å²) in [6, 6.07) is 4.91. The van der Waals surface area contributed by atoms with Crippen LogP contribution in [0.1, 0.15) is 34.0 Å². The molecule has 1 N–H and O–H groups in total. The zero-order chi connectivity index (χ0) is 18.0. The van der Waals surface area contributed by atoms with Gasteiger partial charge in [0.1, 0.15) is 5.56 Å². The fourth-order valence-electron chi connectivity index (χ4n) is 2.36. The highest BCUT2D eigenvalue weighted by atomic mass is 35.5. The molecule has 3 rings (SSSR count). The Morgan fingerprint density at radius 3 is 2.72 bits per heavy atom. The van der Waals surface area contributed by atoms with Crippen LogP contribution in [0.15, 0.2) is 41.3 Å². The van der Waals surface area contributed by atoms with Crippen molar-refractivity contribution in [1.82, 2.24) is 9.78 Å². The van der Waals surface area contributed by atoms with Gasteiger partial charge in [-0.05, 0) is 25.1 Å². The van der Waals surface area contributed by atoms with Crippen molar-refractivity contribution in [2.45, 2.75) is 13.5 Å². The average Bonchev–Trinajstić information content (AvgIpc) is 3.23. The Morgan fingerprint density at radius 1 is 1.28 bits per heavy atom. The Hall–Kier alpha value is -2.50. The molecule has 25 heavy (non-hydrogen) atoms. The van der Waals surface area contributed by atoms with E-state index >= 15 is 0 Å². The molecule has 2 aromatic heterocycles. The van der Waals surface area contributed by atoms with Crippen LogP contribution < -0.4 is 0 Å². The molecular formula is C18H14Cl2N2O3. The maximum atomic E-state index is 12.7. The molecule has 5 nitrogen and oxygen atoms in total. The standard InChI is InChI=1S/C18H14Cl2N2O3/c1-2-22-18(24)14(9-21-22)17(23)13-5-6-15(19)12(16(13)20)4-3-11-7-8-25-10-11/h3-10,24H,2H2,1H3. The van der Waals surface area contributed by atoms with Crippen molar-refractivity contribution in [2.24, 2.45) is 0 Å². The number of aromatic hydroxyl groups is 1. The van der Waals surface area contributed by atoms with E-state index in [1.165, 1.54) is 16.9 Å². The maximum Gasteiger partial charge on any atom is 0.220 e. The molecule has 0 fully saturated rings. The highest BCUT2D eigenvalue weighted by Gasteiger charge is 2.22. The number of benzene rings is 1. The van der Waals surface area contributed by atoms with Crippen molar-refractivity contribution in [1.29, 1.82) is 0 Å². The number of halogens is 2. The van der Waals surface area contributed by atoms with Gasteiger partial charge in [-0.2, -0.15) is 5.10 Å². The van der Waals surface area contributed by atoms with Crippen molar-refractivity contribution < 1.29 is 14.3 Å². The Kier molecular flexibility index (Phi) is 4.97. The van der Waals surface area contributed by atoms with E-state index in [4.69, 9.17) is 27.6 Å². The van der Waals surface area contributed by atoms with Crippen LogP contribution in [0.4, 0.5) is 0 Å². The number of nitrogens with zero attached hydrogens (tertiary/aromatic N) is 2. The lowest BCUT2D eigenvalue weighted by Crippen LogP contribution is -2.03. The van der Waals surface area contributed by atoms with Crippen LogP contribution in [-0.4, -0.2) is 20.7 Å². The molecule has 0 aliphatic rings. The molecule has 2 heterocycles. The Bertz CT molecular complexity index is 944. The predicted molar refractivity (Wildman–Crippen MR) is 97.1 cm³/mol. The van der Waals surface area contributed by atoms with Gasteiger partial charge in [0.25, 0.3) is 0 Å². The monoisotopic (exact) mass is 376 g/mol. The lowest BCUT2D eigenvalue weighted by Gasteiger charge is -2.08. The Balaban J connectivity index is 2.01. The molecule has 0 amide bonds. The first-order chi connectivity index (χ1) is 12.0. The average molecular weight is 377 g/mol. The van der Waals surface area contributed by atoms with Crippen LogP contribution in [0.5, 0.6) is 5.88 Å². The van der Waals surface area contributed by atoms with E-state index in [0.717, 1.165) is 5.56 Å². The molecule has 0 atom stereocenters. The second kappa shape index (κ2) is 7.17. The van der Waals surface area contributed by atoms with E-state index in [9.17, 15) is 9.90 Å². The highest BCUT2D eigenvalue weighted by Crippen LogP contribution is 2.32. The molecule has 0 saturated heterocycles. The molecule has 1 aromatic carbocycles. The zero-order valence-corrected chi connectivity index (χ0v) is 14.8. The summed E-state index contributed by atoms with van der Waals surface area (Å²) in [7, 11) is 0. The topological polar surface area (TPSA) is 68.3 Å². The largest absolute Gasteiger partial charge is 0.493 e. The quantitative estimate of drug-likeness (QED) is 0.642. The second-order valence-corrected chi connectivity index (χ2v) is 6.02. The molecule has 0 aliphatic carbocycles. The lowest BCUT2D eigenvalue weighted by atomic mass is 10.0. The number of aromatic nitrogens is 2. The third-order valence-electron chi connectivity index (χ3n) is 3.71. The summed E-state index contributed by atoms with van der Waals surface area (Å²) in [5.74, 6) is -0.606. The molecule has 0 radical (unpaired) electrons. The zero-order valence-electron chi connectivity index (χ0n) is 13.2. The highest BCUT2D eigenvalue weighted by molar-refractivity contribution is 6.40. The summed E-state index contributed by atoms with van der Waals surface area (Å²) in [6.07, 6.45) is 7.94. The van der Waals surface area contributed by atoms with Gasteiger partial charge >= 0.3 is 0 Å². The predicted octanol–water partition coefficient (Wildman–Crippen LogP) is 4.91. The van der Waals surface area contributed by atoms with Crippen molar-refractivity contribution in [3.63, 3.8) is 0 Å². The van der Waals surface area contributed by atoms with Crippen molar-refractivity contribution in [3.8, 4) is 5.88 Å². The minimum atomic E-state index is -0.420. The maximum absolute atomic E-state index is 12.7. The molecule has 0 saturated carbocycles. The van der Waals surface area contributed by atoms with Crippen LogP contribution >= 0.6 is 23.2 Å². The van der Waals surface area contributed by atoms with Gasteiger partial charge in [-0.1, -0.05) is 35.4 Å². The molecule has 0 unspecified atom stereocenters. The van der Waals surface area contributed by atoms with E-state index in [1.807, 2.05) is 6.92 Å². The minimum absolute atomic E-state index is 0.0934. The number of hydrogen-bond acceptors (Lipinski definition) is 4. The van der Waals surface area contributed by atoms with Crippen LogP contribution in [-0.2, 0) is 6.54 Å². The van der Waals surface area contributed by atoms with Crippen molar-refractivity contribution in [2.75, 3.05) is 0 Å². The number of aryl methyl sites for hydroxylation is 1. The second-order valence-electron chi connectivity index (χ2n) is 5.24. The van der Waals surface area contributed by atoms with E-state index in [1.54, 1.807) is 36.8 Å². The Labute approximate surface area is 154 Å². The normalized spacial score (nSPS) is 11.3. The molecule has 0 bridgehead atoms. The van der Waals surface area contributed by atoms with E-state index in [0.29, 0.717) is 17.1 Å². The molecule has 128 valence electrons. The molecular weight excluding hydrogens is 363 g/mol. The van der Waals surface area contributed by atoms with Crippen molar-refractivity contribution >= 4 is 41.1 Å². The third kappa shape index (κ3) is 3.34. The summed E-state index contributed by atoms with van der Waals surface area (Å²) < 4.78 is 6.33. The number of hydrogen-bond donors (Lipinski definition) is 1. The van der Waals surface area contributed by atoms with Crippen LogP contribution in [0.2, 0.25) is 10.0 Å². The first-order valence-corrected chi connectivity index (χ1v) is 8.26. The summed E-state index contributed by atoms with van der Waals surface area (Å²) in [5.41, 5.74) is 1.68. The number of ketones is 1. The molecule has 3 aromatic rings. The van der Waals surface area contributed by atoms with E-state index in [2.05, 4.69) is 5.10 Å². The summed E-state index contributed by atoms with van der Waals surface area (Å²) >= 11 is 12.6. The summed E-state index contributed by atoms with van der Waals surface area (Å²) in [4.78, 5) is 12.7. The SMILES string of the molecule is CCn1ncc(C(=O)c2ccc(Cl)c(C=Cc3ccoc3)c2Cl)c1O. The number of rotatable bonds is 5. The number of carbonyl (C=O) groups is 1. The van der Waals surface area contributed by atoms with Crippen LogP contribution in [0, 0.1) is 0 Å². The summed E-state index contributed by atoms with van der Waals surface area (Å²) in [6.45, 7) is 2.27. The lowest BCUT2D eigenvalue weighted by molar-refractivity contribution is 0.103. The van der Waals surface area contributed by atoms with Crippen LogP contribution in [0.25, 0.3) is 12.2 Å². The van der Waals surface area contributed by atoms with Gasteiger partial charge in [0.2, 0.25) is 11.7 Å². The van der Waals surface area contributed by atoms with Gasteiger partial charge in [-0.15, -0.1) is 0 Å². The van der Waals surface area contributed by atoms with Gasteiger partial charge < -0.3 is 9.52 Å². The Morgan fingerprint density at radius 2 is 2.08 bits per heavy atom. The molecule has 0 spiro atoms. The molecule has 0 aliphatic heterocycles. The van der Waals surface area contributed by atoms with Crippen molar-refractivity contribution in [3.05, 3.63) is 69.2 Å². The fraction of sp³-hybridized carbons (Fsp3) is 0.111. The van der Waals surface area contributed by atoms with Gasteiger partial charge in [0.05, 0.1) is 23.7 Å². The number of carbonyl (C=O) groups excluding carboxylic acids is 1.